The highest BCUT2D eigenvalue weighted by Crippen LogP contribution is 2.31. The number of H-pyrrole nitrogens is 1. The maximum atomic E-state index is 13.0. The second-order valence-corrected chi connectivity index (χ2v) is 8.69. The molecular formula is C27H35N3O4S. The lowest BCUT2D eigenvalue weighted by atomic mass is 10.1. The molecule has 0 saturated carbocycles. The zero-order valence-electron chi connectivity index (χ0n) is 21.0. The van der Waals surface area contributed by atoms with E-state index in [9.17, 15) is 4.79 Å². The number of nitrogens with one attached hydrogen (secondary N) is 2. The lowest BCUT2D eigenvalue weighted by molar-refractivity contribution is 0.145. The molecule has 0 bridgehead atoms. The van der Waals surface area contributed by atoms with E-state index >= 15 is 0 Å². The maximum absolute atomic E-state index is 13.0. The number of hydrogen-bond acceptors (Lipinski definition) is 5. The van der Waals surface area contributed by atoms with Crippen molar-refractivity contribution in [2.24, 2.45) is 0 Å². The van der Waals surface area contributed by atoms with E-state index in [1.54, 1.807) is 20.3 Å². The third-order valence-corrected chi connectivity index (χ3v) is 6.33. The number of hydrogen-bond donors (Lipinski definition) is 2. The molecule has 0 spiro atoms. The van der Waals surface area contributed by atoms with E-state index in [0.717, 1.165) is 18.2 Å². The van der Waals surface area contributed by atoms with Crippen LogP contribution in [0.15, 0.2) is 47.3 Å². The van der Waals surface area contributed by atoms with Gasteiger partial charge in [0.25, 0.3) is 5.56 Å². The standard InChI is InChI=1S/C27H35N3O4S/c1-5-34-14-8-12-28-27(35)30(13-11-20-10-7-6-9-19(20)2)18-22-15-21-16-24(32-3)25(33-4)17-23(21)29-26(22)31/h6-7,9-10,15-17H,5,8,11-14,18H2,1-4H3,(H,28,35)(H,29,31). The number of pyridine rings is 1. The first-order chi connectivity index (χ1) is 17.0. The molecule has 2 N–H and O–H groups in total. The number of fused-ring (bicyclic) bond motifs is 1. The van der Waals surface area contributed by atoms with Gasteiger partial charge in [0.15, 0.2) is 16.6 Å². The fourth-order valence-electron chi connectivity index (χ4n) is 3.93. The quantitative estimate of drug-likeness (QED) is 0.287. The van der Waals surface area contributed by atoms with Crippen molar-refractivity contribution in [3.8, 4) is 11.5 Å². The molecule has 8 heteroatoms. The Morgan fingerprint density at radius 2 is 1.83 bits per heavy atom. The minimum atomic E-state index is -0.148. The summed E-state index contributed by atoms with van der Waals surface area (Å²) >= 11 is 5.74. The van der Waals surface area contributed by atoms with Crippen molar-refractivity contribution in [1.29, 1.82) is 0 Å². The summed E-state index contributed by atoms with van der Waals surface area (Å²) in [6.07, 6.45) is 1.68. The monoisotopic (exact) mass is 497 g/mol. The van der Waals surface area contributed by atoms with Gasteiger partial charge in [-0.15, -0.1) is 0 Å². The van der Waals surface area contributed by atoms with Crippen LogP contribution in [0.2, 0.25) is 0 Å². The zero-order chi connectivity index (χ0) is 25.2. The Morgan fingerprint density at radius 1 is 1.09 bits per heavy atom. The third-order valence-electron chi connectivity index (χ3n) is 5.93. The highest BCUT2D eigenvalue weighted by molar-refractivity contribution is 7.80. The normalized spacial score (nSPS) is 10.9. The Balaban J connectivity index is 1.83. The van der Waals surface area contributed by atoms with Crippen LogP contribution >= 0.6 is 12.2 Å². The van der Waals surface area contributed by atoms with Crippen LogP contribution < -0.4 is 20.3 Å². The highest BCUT2D eigenvalue weighted by Gasteiger charge is 2.15. The molecule has 1 aromatic heterocycles. The van der Waals surface area contributed by atoms with Crippen LogP contribution in [0, 0.1) is 6.92 Å². The molecule has 7 nitrogen and oxygen atoms in total. The fraction of sp³-hybridized carbons (Fsp3) is 0.407. The van der Waals surface area contributed by atoms with Gasteiger partial charge in [-0.25, -0.2) is 0 Å². The maximum Gasteiger partial charge on any atom is 0.253 e. The number of benzene rings is 2. The number of aromatic nitrogens is 1. The van der Waals surface area contributed by atoms with Gasteiger partial charge in [-0.3, -0.25) is 4.79 Å². The lowest BCUT2D eigenvalue weighted by Crippen LogP contribution is -2.42. The summed E-state index contributed by atoms with van der Waals surface area (Å²) in [5, 5.41) is 4.83. The molecule has 0 aliphatic rings. The predicted molar refractivity (Wildman–Crippen MR) is 145 cm³/mol. The molecule has 0 amide bonds. The minimum Gasteiger partial charge on any atom is -0.493 e. The molecule has 0 aliphatic carbocycles. The molecule has 35 heavy (non-hydrogen) atoms. The van der Waals surface area contributed by atoms with Crippen LogP contribution in [-0.2, 0) is 17.7 Å². The third kappa shape index (κ3) is 7.19. The van der Waals surface area contributed by atoms with Crippen molar-refractivity contribution in [3.05, 3.63) is 69.5 Å². The molecular weight excluding hydrogens is 462 g/mol. The summed E-state index contributed by atoms with van der Waals surface area (Å²) in [4.78, 5) is 18.0. The number of rotatable bonds is 12. The topological polar surface area (TPSA) is 75.8 Å². The number of ether oxygens (including phenoxy) is 3. The van der Waals surface area contributed by atoms with Gasteiger partial charge in [0.1, 0.15) is 0 Å². The van der Waals surface area contributed by atoms with Crippen molar-refractivity contribution < 1.29 is 14.2 Å². The van der Waals surface area contributed by atoms with Gasteiger partial charge in [-0.1, -0.05) is 24.3 Å². The fourth-order valence-corrected chi connectivity index (χ4v) is 4.18. The average Bonchev–Trinajstić information content (AvgIpc) is 2.86. The molecule has 0 atom stereocenters. The Hall–Kier alpha value is -3.10. The Labute approximate surface area is 212 Å². The molecule has 2 aromatic carbocycles. The molecule has 0 fully saturated rings. The predicted octanol–water partition coefficient (Wildman–Crippen LogP) is 4.20. The van der Waals surface area contributed by atoms with Crippen molar-refractivity contribution in [1.82, 2.24) is 15.2 Å². The van der Waals surface area contributed by atoms with Crippen molar-refractivity contribution in [2.45, 2.75) is 33.2 Å². The van der Waals surface area contributed by atoms with Crippen LogP contribution in [0.25, 0.3) is 10.9 Å². The molecule has 188 valence electrons. The van der Waals surface area contributed by atoms with Gasteiger partial charge in [0, 0.05) is 43.3 Å². The Kier molecular flexibility index (Phi) is 9.93. The number of methoxy groups -OCH3 is 2. The van der Waals surface area contributed by atoms with E-state index in [0.29, 0.717) is 60.5 Å². The molecule has 3 rings (SSSR count). The number of aromatic amines is 1. The summed E-state index contributed by atoms with van der Waals surface area (Å²) < 4.78 is 16.2. The first-order valence-corrected chi connectivity index (χ1v) is 12.3. The summed E-state index contributed by atoms with van der Waals surface area (Å²) in [5.74, 6) is 1.18. The van der Waals surface area contributed by atoms with E-state index in [4.69, 9.17) is 26.4 Å². The SMILES string of the molecule is CCOCCCNC(=S)N(CCc1ccccc1C)Cc1cc2cc(OC)c(OC)cc2[nH]c1=O. The van der Waals surface area contributed by atoms with Gasteiger partial charge >= 0.3 is 0 Å². The van der Waals surface area contributed by atoms with E-state index in [1.165, 1.54) is 11.1 Å². The van der Waals surface area contributed by atoms with Crippen LogP contribution in [0.5, 0.6) is 11.5 Å². The van der Waals surface area contributed by atoms with Crippen molar-refractivity contribution in [3.63, 3.8) is 0 Å². The molecule has 0 radical (unpaired) electrons. The van der Waals surface area contributed by atoms with Gasteiger partial charge in [-0.05, 0) is 62.2 Å². The zero-order valence-corrected chi connectivity index (χ0v) is 21.8. The van der Waals surface area contributed by atoms with Gasteiger partial charge in [-0.2, -0.15) is 0 Å². The van der Waals surface area contributed by atoms with Crippen LogP contribution in [0.1, 0.15) is 30.0 Å². The van der Waals surface area contributed by atoms with Gasteiger partial charge in [0.05, 0.1) is 26.3 Å². The number of thiocarbonyl (C=S) groups is 1. The summed E-state index contributed by atoms with van der Waals surface area (Å²) in [5.41, 5.74) is 3.69. The molecule has 0 saturated heterocycles. The van der Waals surface area contributed by atoms with Crippen molar-refractivity contribution in [2.75, 3.05) is 40.5 Å². The first-order valence-electron chi connectivity index (χ1n) is 11.9. The van der Waals surface area contributed by atoms with Crippen LogP contribution in [0.4, 0.5) is 0 Å². The molecule has 0 unspecified atom stereocenters. The van der Waals surface area contributed by atoms with E-state index in [-0.39, 0.29) is 5.56 Å². The number of nitrogens with zero attached hydrogens (tertiary/aromatic N) is 1. The molecule has 0 aliphatic heterocycles. The molecule has 1 heterocycles. The summed E-state index contributed by atoms with van der Waals surface area (Å²) in [6.45, 7) is 7.27. The second kappa shape index (κ2) is 13.1. The van der Waals surface area contributed by atoms with Gasteiger partial charge < -0.3 is 29.4 Å². The van der Waals surface area contributed by atoms with Gasteiger partial charge in [0.2, 0.25) is 0 Å². The Bertz CT molecular complexity index is 1190. The smallest absolute Gasteiger partial charge is 0.253 e. The first kappa shape index (κ1) is 26.5. The Morgan fingerprint density at radius 3 is 2.54 bits per heavy atom. The minimum absolute atomic E-state index is 0.148. The average molecular weight is 498 g/mol. The molecule has 3 aromatic rings. The van der Waals surface area contributed by atoms with E-state index in [2.05, 4.69) is 34.3 Å². The van der Waals surface area contributed by atoms with Crippen LogP contribution in [-0.4, -0.2) is 55.5 Å². The number of aryl methyl sites for hydroxylation is 1. The van der Waals surface area contributed by atoms with E-state index < -0.39 is 0 Å². The van der Waals surface area contributed by atoms with Crippen LogP contribution in [0.3, 0.4) is 0 Å². The van der Waals surface area contributed by atoms with E-state index in [1.807, 2.05) is 31.2 Å². The second-order valence-electron chi connectivity index (χ2n) is 8.30. The lowest BCUT2D eigenvalue weighted by Gasteiger charge is -2.26. The summed E-state index contributed by atoms with van der Waals surface area (Å²) in [6, 6.07) is 13.9. The summed E-state index contributed by atoms with van der Waals surface area (Å²) in [7, 11) is 3.17. The van der Waals surface area contributed by atoms with Crippen molar-refractivity contribution >= 4 is 28.2 Å². The largest absolute Gasteiger partial charge is 0.493 e. The highest BCUT2D eigenvalue weighted by atomic mass is 32.1.